The van der Waals surface area contributed by atoms with Crippen LogP contribution in [0.1, 0.15) is 44.9 Å². The number of benzene rings is 1. The van der Waals surface area contributed by atoms with Crippen molar-refractivity contribution in [1.82, 2.24) is 9.55 Å². The summed E-state index contributed by atoms with van der Waals surface area (Å²) in [4.78, 5) is 30.5. The molecule has 3 unspecified atom stereocenters. The van der Waals surface area contributed by atoms with Crippen LogP contribution < -0.4 is 0 Å². The standard InChI is InChI=1S/C21H28N2O3Si/c1-20(2,3)27(5,6)23-18(24)16-15-12-9-7-8-10-13(12)22-14(15)11-21(4,26)17(16)19(23)25/h7-10,16-17,22,26H,11H2,1-6H3. The molecule has 6 heteroatoms. The Bertz CT molecular complexity index is 967. The van der Waals surface area contributed by atoms with Gasteiger partial charge in [-0.2, -0.15) is 0 Å². The molecule has 0 spiro atoms. The highest BCUT2D eigenvalue weighted by Gasteiger charge is 2.63. The lowest BCUT2D eigenvalue weighted by Crippen LogP contribution is -2.58. The Morgan fingerprint density at radius 1 is 1.19 bits per heavy atom. The third kappa shape index (κ3) is 2.32. The number of aromatic nitrogens is 1. The normalized spacial score (nSPS) is 28.6. The lowest BCUT2D eigenvalue weighted by Gasteiger charge is -2.43. The highest BCUT2D eigenvalue weighted by molar-refractivity contribution is 6.82. The van der Waals surface area contributed by atoms with E-state index >= 15 is 0 Å². The smallest absolute Gasteiger partial charge is 0.229 e. The molecule has 0 bridgehead atoms. The monoisotopic (exact) mass is 384 g/mol. The maximum absolute atomic E-state index is 13.7. The number of fused-ring (bicyclic) bond motifs is 5. The highest BCUT2D eigenvalue weighted by Crippen LogP contribution is 2.53. The van der Waals surface area contributed by atoms with Gasteiger partial charge in [-0.25, -0.2) is 0 Å². The summed E-state index contributed by atoms with van der Waals surface area (Å²) in [6, 6.07) is 7.87. The number of hydrogen-bond acceptors (Lipinski definition) is 3. The van der Waals surface area contributed by atoms with Crippen LogP contribution in [0.2, 0.25) is 18.1 Å². The van der Waals surface area contributed by atoms with Gasteiger partial charge in [-0.05, 0) is 23.6 Å². The first kappa shape index (κ1) is 18.4. The summed E-state index contributed by atoms with van der Waals surface area (Å²) in [6.45, 7) is 12.1. The number of H-pyrrole nitrogens is 1. The Morgan fingerprint density at radius 3 is 2.44 bits per heavy atom. The molecule has 2 amide bonds. The van der Waals surface area contributed by atoms with Gasteiger partial charge in [-0.15, -0.1) is 0 Å². The fraction of sp³-hybridized carbons (Fsp3) is 0.524. The molecule has 2 aromatic rings. The predicted octanol–water partition coefficient (Wildman–Crippen LogP) is 3.55. The van der Waals surface area contributed by atoms with Gasteiger partial charge in [0.1, 0.15) is 0 Å². The largest absolute Gasteiger partial charge is 0.389 e. The Balaban J connectivity index is 1.95. The molecule has 5 nitrogen and oxygen atoms in total. The van der Waals surface area contributed by atoms with Crippen molar-refractivity contribution >= 4 is 31.0 Å². The molecule has 2 heterocycles. The van der Waals surface area contributed by atoms with Gasteiger partial charge in [0.05, 0.1) is 17.4 Å². The molecule has 3 atom stereocenters. The third-order valence-electron chi connectivity index (χ3n) is 7.04. The van der Waals surface area contributed by atoms with Crippen molar-refractivity contribution in [3.05, 3.63) is 35.5 Å². The van der Waals surface area contributed by atoms with Crippen molar-refractivity contribution in [2.75, 3.05) is 0 Å². The van der Waals surface area contributed by atoms with E-state index in [0.29, 0.717) is 6.42 Å². The van der Waals surface area contributed by atoms with Crippen molar-refractivity contribution in [2.24, 2.45) is 5.92 Å². The van der Waals surface area contributed by atoms with Crippen LogP contribution in [-0.2, 0) is 16.0 Å². The maximum Gasteiger partial charge on any atom is 0.229 e. The molecule has 2 aliphatic rings. The van der Waals surface area contributed by atoms with E-state index in [4.69, 9.17) is 0 Å². The van der Waals surface area contributed by atoms with Gasteiger partial charge >= 0.3 is 0 Å². The average molecular weight is 385 g/mol. The average Bonchev–Trinajstić information content (AvgIpc) is 3.00. The summed E-state index contributed by atoms with van der Waals surface area (Å²) in [6.07, 6.45) is 0.350. The zero-order valence-corrected chi connectivity index (χ0v) is 17.9. The summed E-state index contributed by atoms with van der Waals surface area (Å²) >= 11 is 0. The number of hydrogen-bond donors (Lipinski definition) is 2. The zero-order chi connectivity index (χ0) is 19.9. The summed E-state index contributed by atoms with van der Waals surface area (Å²) in [5.74, 6) is -1.66. The summed E-state index contributed by atoms with van der Waals surface area (Å²) in [5, 5.41) is 12.0. The molecular weight excluding hydrogens is 356 g/mol. The number of nitrogens with one attached hydrogen (secondary N) is 1. The van der Waals surface area contributed by atoms with Crippen molar-refractivity contribution < 1.29 is 14.7 Å². The molecule has 1 saturated heterocycles. The highest BCUT2D eigenvalue weighted by atomic mass is 28.3. The second-order valence-corrected chi connectivity index (χ2v) is 14.9. The zero-order valence-electron chi connectivity index (χ0n) is 16.9. The van der Waals surface area contributed by atoms with Gasteiger partial charge in [0.15, 0.2) is 8.24 Å². The number of para-hydroxylation sites is 1. The van der Waals surface area contributed by atoms with Gasteiger partial charge in [-0.1, -0.05) is 52.1 Å². The van der Waals surface area contributed by atoms with E-state index in [0.717, 1.165) is 22.2 Å². The van der Waals surface area contributed by atoms with Gasteiger partial charge in [0.2, 0.25) is 11.8 Å². The Hall–Kier alpha value is -1.92. The van der Waals surface area contributed by atoms with Gasteiger partial charge < -0.3 is 14.7 Å². The Morgan fingerprint density at radius 2 is 1.81 bits per heavy atom. The topological polar surface area (TPSA) is 73.4 Å². The van der Waals surface area contributed by atoms with E-state index in [1.54, 1.807) is 11.5 Å². The van der Waals surface area contributed by atoms with Crippen molar-refractivity contribution in [3.8, 4) is 0 Å². The number of imide groups is 1. The Labute approximate surface area is 160 Å². The van der Waals surface area contributed by atoms with Crippen molar-refractivity contribution in [2.45, 2.75) is 63.8 Å². The van der Waals surface area contributed by atoms with Crippen LogP contribution in [0.4, 0.5) is 0 Å². The van der Waals surface area contributed by atoms with E-state index < -0.39 is 25.7 Å². The third-order valence-corrected chi connectivity index (χ3v) is 12.3. The number of amides is 2. The minimum Gasteiger partial charge on any atom is -0.389 e. The van der Waals surface area contributed by atoms with Crippen molar-refractivity contribution in [1.29, 1.82) is 0 Å². The fourth-order valence-corrected chi connectivity index (χ4v) is 6.71. The fourth-order valence-electron chi connectivity index (χ4n) is 4.66. The van der Waals surface area contributed by atoms with Crippen LogP contribution in [0.3, 0.4) is 0 Å². The van der Waals surface area contributed by atoms with Gasteiger partial charge in [0, 0.05) is 23.0 Å². The lowest BCUT2D eigenvalue weighted by atomic mass is 9.69. The molecule has 1 aromatic heterocycles. The van der Waals surface area contributed by atoms with Gasteiger partial charge in [0.25, 0.3) is 0 Å². The lowest BCUT2D eigenvalue weighted by molar-refractivity contribution is -0.137. The molecule has 144 valence electrons. The van der Waals surface area contributed by atoms with E-state index in [-0.39, 0.29) is 16.9 Å². The number of carbonyl (C=O) groups is 2. The first-order chi connectivity index (χ1) is 12.4. The number of aliphatic hydroxyl groups is 1. The molecule has 1 aliphatic carbocycles. The minimum absolute atomic E-state index is 0.137. The van der Waals surface area contributed by atoms with Crippen LogP contribution in [0, 0.1) is 5.92 Å². The van der Waals surface area contributed by atoms with E-state index in [1.165, 1.54) is 0 Å². The number of rotatable bonds is 1. The first-order valence-electron chi connectivity index (χ1n) is 9.58. The van der Waals surface area contributed by atoms with E-state index in [2.05, 4.69) is 38.8 Å². The van der Waals surface area contributed by atoms with Crippen molar-refractivity contribution in [3.63, 3.8) is 0 Å². The Kier molecular flexibility index (Phi) is 3.64. The van der Waals surface area contributed by atoms with Crippen LogP contribution in [0.5, 0.6) is 0 Å². The molecule has 1 aromatic carbocycles. The summed E-state index contributed by atoms with van der Waals surface area (Å²) < 4.78 is 1.56. The number of aromatic amines is 1. The van der Waals surface area contributed by atoms with E-state index in [1.807, 2.05) is 24.3 Å². The van der Waals surface area contributed by atoms with Crippen LogP contribution in [0.15, 0.2) is 24.3 Å². The van der Waals surface area contributed by atoms with E-state index in [9.17, 15) is 14.7 Å². The molecular formula is C21H28N2O3Si. The molecule has 27 heavy (non-hydrogen) atoms. The number of nitrogens with zero attached hydrogens (tertiary/aromatic N) is 1. The number of carbonyl (C=O) groups excluding carboxylic acids is 2. The van der Waals surface area contributed by atoms with Crippen LogP contribution in [0.25, 0.3) is 10.9 Å². The maximum atomic E-state index is 13.7. The second kappa shape index (κ2) is 5.32. The SMILES string of the molecule is CC1(O)Cc2[nH]c3ccccc3c2C2C(=O)N([Si](C)(C)C(C)(C)C)C(=O)C21. The second-order valence-electron chi connectivity index (χ2n) is 9.87. The van der Waals surface area contributed by atoms with Crippen LogP contribution in [-0.4, -0.2) is 40.3 Å². The molecule has 4 rings (SSSR count). The molecule has 0 saturated carbocycles. The van der Waals surface area contributed by atoms with Crippen LogP contribution >= 0.6 is 0 Å². The summed E-state index contributed by atoms with van der Waals surface area (Å²) in [7, 11) is -2.40. The predicted molar refractivity (Wildman–Crippen MR) is 108 cm³/mol. The molecule has 1 fully saturated rings. The first-order valence-corrected chi connectivity index (χ1v) is 12.5. The quantitative estimate of drug-likeness (QED) is 0.583. The summed E-state index contributed by atoms with van der Waals surface area (Å²) in [5.41, 5.74) is 1.48. The molecule has 2 N–H and O–H groups in total. The van der Waals surface area contributed by atoms with Gasteiger partial charge in [-0.3, -0.25) is 9.59 Å². The molecule has 1 aliphatic heterocycles. The molecule has 0 radical (unpaired) electrons. The minimum atomic E-state index is -2.40.